The number of carboxylic acid groups (broad SMARTS) is 1. The van der Waals surface area contributed by atoms with Crippen LogP contribution in [0.1, 0.15) is 51.0 Å². The molecule has 0 amide bonds. The fraction of sp³-hybridized carbons (Fsp3) is 0.625. The largest absolute Gasteiger partial charge is 0.492 e. The molecule has 1 aromatic rings. The van der Waals surface area contributed by atoms with Gasteiger partial charge in [-0.3, -0.25) is 9.78 Å². The van der Waals surface area contributed by atoms with Crippen molar-refractivity contribution in [3.05, 3.63) is 24.0 Å². The number of pyridine rings is 1. The minimum Gasteiger partial charge on any atom is -0.492 e. The van der Waals surface area contributed by atoms with Gasteiger partial charge in [-0.1, -0.05) is 13.8 Å². The first-order valence-corrected chi connectivity index (χ1v) is 7.42. The van der Waals surface area contributed by atoms with Gasteiger partial charge < -0.3 is 9.84 Å². The van der Waals surface area contributed by atoms with Crippen LogP contribution < -0.4 is 4.74 Å². The van der Waals surface area contributed by atoms with Crippen LogP contribution in [0.5, 0.6) is 5.75 Å². The van der Waals surface area contributed by atoms with Gasteiger partial charge in [0.1, 0.15) is 5.75 Å². The molecule has 1 saturated carbocycles. The number of hydrogen-bond donors (Lipinski definition) is 1. The molecule has 2 rings (SSSR count). The first kappa shape index (κ1) is 14.8. The number of aliphatic carboxylic acids is 1. The molecule has 1 aliphatic rings. The molecule has 4 heteroatoms. The van der Waals surface area contributed by atoms with Gasteiger partial charge in [0, 0.05) is 6.20 Å². The van der Waals surface area contributed by atoms with Crippen molar-refractivity contribution in [3.8, 4) is 5.75 Å². The fourth-order valence-electron chi connectivity index (χ4n) is 2.98. The van der Waals surface area contributed by atoms with E-state index in [0.717, 1.165) is 37.0 Å². The topological polar surface area (TPSA) is 59.4 Å². The van der Waals surface area contributed by atoms with E-state index >= 15 is 0 Å². The predicted molar refractivity (Wildman–Crippen MR) is 76.9 cm³/mol. The minimum atomic E-state index is -0.693. The lowest BCUT2D eigenvalue weighted by atomic mass is 9.72. The lowest BCUT2D eigenvalue weighted by molar-refractivity contribution is -0.143. The summed E-state index contributed by atoms with van der Waals surface area (Å²) in [6, 6.07) is 1.96. The van der Waals surface area contributed by atoms with E-state index < -0.39 is 5.97 Å². The maximum atomic E-state index is 11.5. The second kappa shape index (κ2) is 6.73. The van der Waals surface area contributed by atoms with Crippen molar-refractivity contribution < 1.29 is 14.6 Å². The Hall–Kier alpha value is -1.58. The maximum absolute atomic E-state index is 11.5. The Labute approximate surface area is 120 Å². The quantitative estimate of drug-likeness (QED) is 0.895. The van der Waals surface area contributed by atoms with Crippen LogP contribution in [0, 0.1) is 11.8 Å². The SMILES string of the molecule is CCCOc1cncc(C2CC(C)CCC2C(=O)O)c1. The molecular formula is C16H23NO3. The van der Waals surface area contributed by atoms with Crippen LogP contribution in [-0.2, 0) is 4.79 Å². The van der Waals surface area contributed by atoms with Crippen molar-refractivity contribution in [1.82, 2.24) is 4.98 Å². The van der Waals surface area contributed by atoms with E-state index in [9.17, 15) is 9.90 Å². The summed E-state index contributed by atoms with van der Waals surface area (Å²) < 4.78 is 5.60. The van der Waals surface area contributed by atoms with E-state index in [1.54, 1.807) is 12.4 Å². The van der Waals surface area contributed by atoms with Crippen molar-refractivity contribution in [2.45, 2.75) is 45.4 Å². The number of hydrogen-bond acceptors (Lipinski definition) is 3. The Balaban J connectivity index is 2.20. The van der Waals surface area contributed by atoms with Gasteiger partial charge in [0.15, 0.2) is 0 Å². The molecule has 3 unspecified atom stereocenters. The molecule has 0 spiro atoms. The monoisotopic (exact) mass is 277 g/mol. The third kappa shape index (κ3) is 3.50. The van der Waals surface area contributed by atoms with Gasteiger partial charge in [-0.05, 0) is 49.1 Å². The first-order chi connectivity index (χ1) is 9.61. The number of rotatable bonds is 5. The van der Waals surface area contributed by atoms with Gasteiger partial charge in [0.2, 0.25) is 0 Å². The minimum absolute atomic E-state index is 0.0499. The van der Waals surface area contributed by atoms with Gasteiger partial charge in [0.25, 0.3) is 0 Å². The van der Waals surface area contributed by atoms with Crippen LogP contribution in [0.15, 0.2) is 18.5 Å². The van der Waals surface area contributed by atoms with E-state index in [-0.39, 0.29) is 11.8 Å². The Morgan fingerprint density at radius 3 is 2.95 bits per heavy atom. The summed E-state index contributed by atoms with van der Waals surface area (Å²) in [4.78, 5) is 15.7. The zero-order valence-corrected chi connectivity index (χ0v) is 12.2. The van der Waals surface area contributed by atoms with E-state index in [0.29, 0.717) is 12.5 Å². The normalized spacial score (nSPS) is 26.2. The summed E-state index contributed by atoms with van der Waals surface area (Å²) in [5.74, 6) is 0.368. The fourth-order valence-corrected chi connectivity index (χ4v) is 2.98. The number of ether oxygens (including phenoxy) is 1. The van der Waals surface area contributed by atoms with E-state index in [1.165, 1.54) is 0 Å². The first-order valence-electron chi connectivity index (χ1n) is 7.42. The molecule has 4 nitrogen and oxygen atoms in total. The van der Waals surface area contributed by atoms with Crippen LogP contribution in [0.4, 0.5) is 0 Å². The summed E-state index contributed by atoms with van der Waals surface area (Å²) in [6.45, 7) is 4.91. The van der Waals surface area contributed by atoms with Crippen LogP contribution in [0.3, 0.4) is 0 Å². The van der Waals surface area contributed by atoms with Crippen molar-refractivity contribution in [2.75, 3.05) is 6.61 Å². The number of aromatic nitrogens is 1. The zero-order valence-electron chi connectivity index (χ0n) is 12.2. The molecule has 0 aromatic carbocycles. The average Bonchev–Trinajstić information content (AvgIpc) is 2.45. The summed E-state index contributed by atoms with van der Waals surface area (Å²) in [7, 11) is 0. The number of carbonyl (C=O) groups is 1. The van der Waals surface area contributed by atoms with E-state index in [4.69, 9.17) is 4.74 Å². The van der Waals surface area contributed by atoms with Gasteiger partial charge in [-0.25, -0.2) is 0 Å². The molecule has 0 bridgehead atoms. The lowest BCUT2D eigenvalue weighted by Gasteiger charge is -2.32. The summed E-state index contributed by atoms with van der Waals surface area (Å²) >= 11 is 0. The molecule has 1 aliphatic carbocycles. The Bertz CT molecular complexity index is 461. The molecule has 0 aliphatic heterocycles. The molecular weight excluding hydrogens is 254 g/mol. The molecule has 20 heavy (non-hydrogen) atoms. The van der Waals surface area contributed by atoms with Gasteiger partial charge in [-0.15, -0.1) is 0 Å². The van der Waals surface area contributed by atoms with Crippen LogP contribution in [-0.4, -0.2) is 22.7 Å². The maximum Gasteiger partial charge on any atom is 0.307 e. The molecule has 0 radical (unpaired) electrons. The summed E-state index contributed by atoms with van der Waals surface area (Å²) in [6.07, 6.45) is 7.09. The zero-order chi connectivity index (χ0) is 14.5. The third-order valence-electron chi connectivity index (χ3n) is 4.06. The van der Waals surface area contributed by atoms with Crippen molar-refractivity contribution in [3.63, 3.8) is 0 Å². The van der Waals surface area contributed by atoms with E-state index in [1.807, 2.05) is 6.07 Å². The molecule has 3 atom stereocenters. The Kier molecular flexibility index (Phi) is 4.99. The number of carboxylic acids is 1. The van der Waals surface area contributed by atoms with Crippen molar-refractivity contribution in [1.29, 1.82) is 0 Å². The smallest absolute Gasteiger partial charge is 0.307 e. The number of nitrogens with zero attached hydrogens (tertiary/aromatic N) is 1. The molecule has 1 heterocycles. The second-order valence-corrected chi connectivity index (χ2v) is 5.77. The van der Waals surface area contributed by atoms with Crippen molar-refractivity contribution in [2.24, 2.45) is 11.8 Å². The molecule has 1 N–H and O–H groups in total. The van der Waals surface area contributed by atoms with Gasteiger partial charge in [-0.2, -0.15) is 0 Å². The highest BCUT2D eigenvalue weighted by Gasteiger charge is 2.34. The Morgan fingerprint density at radius 1 is 1.45 bits per heavy atom. The average molecular weight is 277 g/mol. The lowest BCUT2D eigenvalue weighted by Crippen LogP contribution is -2.28. The standard InChI is InChI=1S/C16H23NO3/c1-3-6-20-13-8-12(9-17-10-13)15-7-11(2)4-5-14(15)16(18)19/h8-11,14-15H,3-7H2,1-2H3,(H,18,19). The summed E-state index contributed by atoms with van der Waals surface area (Å²) in [5.41, 5.74) is 0.998. The highest BCUT2D eigenvalue weighted by atomic mass is 16.5. The molecule has 1 fully saturated rings. The van der Waals surface area contributed by atoms with Gasteiger partial charge >= 0.3 is 5.97 Å². The Morgan fingerprint density at radius 2 is 2.25 bits per heavy atom. The van der Waals surface area contributed by atoms with Crippen LogP contribution in [0.25, 0.3) is 0 Å². The molecule has 1 aromatic heterocycles. The highest BCUT2D eigenvalue weighted by molar-refractivity contribution is 5.71. The van der Waals surface area contributed by atoms with E-state index in [2.05, 4.69) is 18.8 Å². The molecule has 0 saturated heterocycles. The second-order valence-electron chi connectivity index (χ2n) is 5.77. The van der Waals surface area contributed by atoms with Gasteiger partial charge in [0.05, 0.1) is 18.7 Å². The summed E-state index contributed by atoms with van der Waals surface area (Å²) in [5, 5.41) is 9.42. The van der Waals surface area contributed by atoms with Crippen LogP contribution in [0.2, 0.25) is 0 Å². The predicted octanol–water partition coefficient (Wildman–Crippen LogP) is 3.47. The van der Waals surface area contributed by atoms with Crippen LogP contribution >= 0.6 is 0 Å². The third-order valence-corrected chi connectivity index (χ3v) is 4.06. The van der Waals surface area contributed by atoms with Crippen molar-refractivity contribution >= 4 is 5.97 Å². The highest BCUT2D eigenvalue weighted by Crippen LogP contribution is 2.41. The molecule has 110 valence electrons.